The summed E-state index contributed by atoms with van der Waals surface area (Å²) in [6.45, 7) is 9.58. The molecule has 0 fully saturated rings. The van der Waals surface area contributed by atoms with Crippen molar-refractivity contribution in [3.05, 3.63) is 24.0 Å². The minimum atomic E-state index is 0.122. The molecule has 0 saturated carbocycles. The van der Waals surface area contributed by atoms with E-state index in [-0.39, 0.29) is 5.54 Å². The zero-order valence-electron chi connectivity index (χ0n) is 13.9. The van der Waals surface area contributed by atoms with Crippen LogP contribution in [0, 0.1) is 0 Å². The van der Waals surface area contributed by atoms with Crippen LogP contribution in [0.25, 0.3) is 0 Å². The third kappa shape index (κ3) is 6.35. The minimum absolute atomic E-state index is 0.122. The van der Waals surface area contributed by atoms with Crippen molar-refractivity contribution in [2.75, 3.05) is 39.1 Å². The molecule has 0 amide bonds. The fraction of sp³-hybridized carbons (Fsp3) is 0.688. The molecule has 0 atom stereocenters. The van der Waals surface area contributed by atoms with Crippen molar-refractivity contribution in [1.29, 1.82) is 0 Å². The summed E-state index contributed by atoms with van der Waals surface area (Å²) < 4.78 is 0. The molecule has 0 aromatic carbocycles. The predicted octanol–water partition coefficient (Wildman–Crippen LogP) is 2.36. The van der Waals surface area contributed by atoms with E-state index in [1.54, 1.807) is 0 Å². The lowest BCUT2D eigenvalue weighted by atomic mass is 10.1. The van der Waals surface area contributed by atoms with E-state index < -0.39 is 0 Å². The third-order valence-electron chi connectivity index (χ3n) is 3.20. The fourth-order valence-corrected chi connectivity index (χ4v) is 2.03. The maximum atomic E-state index is 4.26. The van der Waals surface area contributed by atoms with Crippen molar-refractivity contribution in [3.63, 3.8) is 0 Å². The van der Waals surface area contributed by atoms with Gasteiger partial charge in [-0.15, -0.1) is 0 Å². The van der Waals surface area contributed by atoms with Gasteiger partial charge in [0.05, 0.1) is 0 Å². The van der Waals surface area contributed by atoms with Crippen LogP contribution >= 0.6 is 0 Å². The van der Waals surface area contributed by atoms with Crippen molar-refractivity contribution >= 4 is 5.69 Å². The minimum Gasteiger partial charge on any atom is -0.374 e. The molecule has 0 aliphatic heterocycles. The van der Waals surface area contributed by atoms with Crippen molar-refractivity contribution in [2.24, 2.45) is 0 Å². The second-order valence-electron chi connectivity index (χ2n) is 6.69. The molecule has 1 aromatic heterocycles. The number of pyridine rings is 1. The van der Waals surface area contributed by atoms with Gasteiger partial charge in [0.15, 0.2) is 0 Å². The highest BCUT2D eigenvalue weighted by Crippen LogP contribution is 2.19. The van der Waals surface area contributed by atoms with Gasteiger partial charge >= 0.3 is 0 Å². The second kappa shape index (κ2) is 7.60. The van der Waals surface area contributed by atoms with Gasteiger partial charge < -0.3 is 15.1 Å². The van der Waals surface area contributed by atoms with E-state index in [1.165, 1.54) is 11.3 Å². The predicted molar refractivity (Wildman–Crippen MR) is 87.3 cm³/mol. The van der Waals surface area contributed by atoms with Crippen molar-refractivity contribution in [3.8, 4) is 0 Å². The van der Waals surface area contributed by atoms with Crippen molar-refractivity contribution < 1.29 is 0 Å². The average Bonchev–Trinajstić information content (AvgIpc) is 2.35. The first-order chi connectivity index (χ1) is 9.29. The summed E-state index contributed by atoms with van der Waals surface area (Å²) in [5.41, 5.74) is 2.65. The van der Waals surface area contributed by atoms with Crippen LogP contribution in [0.3, 0.4) is 0 Å². The highest BCUT2D eigenvalue weighted by Gasteiger charge is 2.12. The average molecular weight is 278 g/mol. The smallest absolute Gasteiger partial charge is 0.0440 e. The summed E-state index contributed by atoms with van der Waals surface area (Å²) in [5.74, 6) is 0. The molecule has 0 aliphatic rings. The van der Waals surface area contributed by atoms with Crippen LogP contribution in [-0.2, 0) is 6.54 Å². The van der Waals surface area contributed by atoms with Crippen LogP contribution in [-0.4, -0.2) is 49.7 Å². The summed E-state index contributed by atoms with van der Waals surface area (Å²) in [6, 6.07) is 2.11. The van der Waals surface area contributed by atoms with Gasteiger partial charge in [0.1, 0.15) is 0 Å². The quantitative estimate of drug-likeness (QED) is 0.829. The lowest BCUT2D eigenvalue weighted by Crippen LogP contribution is -2.35. The molecule has 0 bridgehead atoms. The molecule has 0 radical (unpaired) electrons. The Morgan fingerprint density at radius 1 is 1.15 bits per heavy atom. The highest BCUT2D eigenvalue weighted by molar-refractivity contribution is 5.51. The van der Waals surface area contributed by atoms with Gasteiger partial charge in [0.2, 0.25) is 0 Å². The number of anilines is 1. The van der Waals surface area contributed by atoms with E-state index >= 15 is 0 Å². The normalized spacial score (nSPS) is 11.9. The summed E-state index contributed by atoms with van der Waals surface area (Å²) in [4.78, 5) is 8.81. The van der Waals surface area contributed by atoms with Gasteiger partial charge in [0, 0.05) is 49.3 Å². The number of aromatic nitrogens is 1. The molecule has 20 heavy (non-hydrogen) atoms. The topological polar surface area (TPSA) is 31.4 Å². The Hall–Kier alpha value is -1.13. The molecular weight excluding hydrogens is 248 g/mol. The molecule has 4 heteroatoms. The molecule has 1 heterocycles. The van der Waals surface area contributed by atoms with E-state index in [1.807, 2.05) is 12.4 Å². The van der Waals surface area contributed by atoms with Crippen molar-refractivity contribution in [1.82, 2.24) is 15.2 Å². The standard InChI is InChI=1S/C16H30N4/c1-16(2,3)18-13-14-12-17-9-8-15(14)20(6)11-7-10-19(4)5/h8-9,12,18H,7,10-11,13H2,1-6H3. The van der Waals surface area contributed by atoms with E-state index in [0.717, 1.165) is 26.1 Å². The monoisotopic (exact) mass is 278 g/mol. The molecule has 1 N–H and O–H groups in total. The number of hydrogen-bond acceptors (Lipinski definition) is 4. The fourth-order valence-electron chi connectivity index (χ4n) is 2.03. The third-order valence-corrected chi connectivity index (χ3v) is 3.20. The molecule has 0 unspecified atom stereocenters. The lowest BCUT2D eigenvalue weighted by Gasteiger charge is -2.25. The van der Waals surface area contributed by atoms with E-state index in [0.29, 0.717) is 0 Å². The largest absolute Gasteiger partial charge is 0.374 e. The molecule has 4 nitrogen and oxygen atoms in total. The first kappa shape index (κ1) is 16.9. The van der Waals surface area contributed by atoms with Gasteiger partial charge in [-0.2, -0.15) is 0 Å². The van der Waals surface area contributed by atoms with Crippen LogP contribution in [0.4, 0.5) is 5.69 Å². The summed E-state index contributed by atoms with van der Waals surface area (Å²) in [6.07, 6.45) is 5.01. The van der Waals surface area contributed by atoms with Gasteiger partial charge in [-0.1, -0.05) is 0 Å². The Labute approximate surface area is 124 Å². The summed E-state index contributed by atoms with van der Waals surface area (Å²) in [7, 11) is 6.39. The van der Waals surface area contributed by atoms with Crippen molar-refractivity contribution in [2.45, 2.75) is 39.3 Å². The number of hydrogen-bond donors (Lipinski definition) is 1. The summed E-state index contributed by atoms with van der Waals surface area (Å²) >= 11 is 0. The second-order valence-corrected chi connectivity index (χ2v) is 6.69. The van der Waals surface area contributed by atoms with Crippen LogP contribution < -0.4 is 10.2 Å². The first-order valence-corrected chi connectivity index (χ1v) is 7.33. The maximum absolute atomic E-state index is 4.26. The Morgan fingerprint density at radius 2 is 1.85 bits per heavy atom. The van der Waals surface area contributed by atoms with Crippen LogP contribution in [0.1, 0.15) is 32.8 Å². The molecule has 1 rings (SSSR count). The molecule has 0 saturated heterocycles. The Balaban J connectivity index is 2.64. The molecule has 114 valence electrons. The molecular formula is C16H30N4. The Kier molecular flexibility index (Phi) is 6.43. The van der Waals surface area contributed by atoms with E-state index in [2.05, 4.69) is 68.1 Å². The number of nitrogens with one attached hydrogen (secondary N) is 1. The molecule has 0 spiro atoms. The van der Waals surface area contributed by atoms with Crippen LogP contribution in [0.15, 0.2) is 18.5 Å². The highest BCUT2D eigenvalue weighted by atomic mass is 15.1. The zero-order chi connectivity index (χ0) is 15.2. The van der Waals surface area contributed by atoms with Gasteiger partial charge in [0.25, 0.3) is 0 Å². The zero-order valence-corrected chi connectivity index (χ0v) is 13.9. The Bertz CT molecular complexity index is 396. The maximum Gasteiger partial charge on any atom is 0.0440 e. The van der Waals surface area contributed by atoms with E-state index in [9.17, 15) is 0 Å². The Morgan fingerprint density at radius 3 is 2.45 bits per heavy atom. The van der Waals surface area contributed by atoms with Crippen LogP contribution in [0.2, 0.25) is 0 Å². The van der Waals surface area contributed by atoms with Crippen LogP contribution in [0.5, 0.6) is 0 Å². The van der Waals surface area contributed by atoms with Gasteiger partial charge in [-0.05, 0) is 53.9 Å². The SMILES string of the molecule is CN(C)CCCN(C)c1ccncc1CNC(C)(C)C. The number of rotatable bonds is 7. The van der Waals surface area contributed by atoms with Gasteiger partial charge in [-0.25, -0.2) is 0 Å². The first-order valence-electron chi connectivity index (χ1n) is 7.33. The lowest BCUT2D eigenvalue weighted by molar-refractivity contribution is 0.401. The van der Waals surface area contributed by atoms with E-state index in [4.69, 9.17) is 0 Å². The molecule has 0 aliphatic carbocycles. The number of nitrogens with zero attached hydrogens (tertiary/aromatic N) is 3. The molecule has 1 aromatic rings. The summed E-state index contributed by atoms with van der Waals surface area (Å²) in [5, 5.41) is 3.53. The van der Waals surface area contributed by atoms with Gasteiger partial charge in [-0.3, -0.25) is 4.98 Å².